The maximum Gasteiger partial charge on any atom is 0.410 e. The van der Waals surface area contributed by atoms with Crippen LogP contribution in [0, 0.1) is 0 Å². The number of rotatable bonds is 5. The Morgan fingerprint density at radius 2 is 1.64 bits per heavy atom. The van der Waals surface area contributed by atoms with Crippen LogP contribution in [0.2, 0.25) is 0 Å². The second-order valence-corrected chi connectivity index (χ2v) is 9.14. The maximum atomic E-state index is 12.5. The molecular formula is C19H33N3O6. The maximum absolute atomic E-state index is 12.5. The van der Waals surface area contributed by atoms with E-state index in [9.17, 15) is 14.4 Å². The van der Waals surface area contributed by atoms with Gasteiger partial charge in [0.15, 0.2) is 0 Å². The molecule has 28 heavy (non-hydrogen) atoms. The number of ether oxygens (including phenoxy) is 3. The summed E-state index contributed by atoms with van der Waals surface area (Å²) in [5, 5.41) is 0. The van der Waals surface area contributed by atoms with Gasteiger partial charge in [0.25, 0.3) is 0 Å². The predicted molar refractivity (Wildman–Crippen MR) is 102 cm³/mol. The summed E-state index contributed by atoms with van der Waals surface area (Å²) in [5.74, 6) is -0.425. The SMILES string of the molecule is CC(C)(C)OC(=O)COCCN1CC2CN(C(=O)OC(C)(C)C)CCN2C1=O. The van der Waals surface area contributed by atoms with Crippen molar-refractivity contribution in [2.45, 2.75) is 58.8 Å². The van der Waals surface area contributed by atoms with E-state index in [-0.39, 0.29) is 31.4 Å². The fourth-order valence-corrected chi connectivity index (χ4v) is 3.16. The van der Waals surface area contributed by atoms with Crippen molar-refractivity contribution in [2.75, 3.05) is 45.9 Å². The molecule has 0 spiro atoms. The zero-order valence-corrected chi connectivity index (χ0v) is 17.8. The van der Waals surface area contributed by atoms with E-state index in [1.807, 2.05) is 20.8 Å². The fraction of sp³-hybridized carbons (Fsp3) is 0.842. The summed E-state index contributed by atoms with van der Waals surface area (Å²) in [6, 6.07) is -0.116. The van der Waals surface area contributed by atoms with E-state index in [4.69, 9.17) is 14.2 Å². The van der Waals surface area contributed by atoms with E-state index >= 15 is 0 Å². The molecule has 1 atom stereocenters. The molecule has 1 unspecified atom stereocenters. The molecule has 2 fully saturated rings. The first-order valence-corrected chi connectivity index (χ1v) is 9.69. The number of urea groups is 1. The molecule has 0 aliphatic carbocycles. The highest BCUT2D eigenvalue weighted by Gasteiger charge is 2.42. The highest BCUT2D eigenvalue weighted by Crippen LogP contribution is 2.22. The van der Waals surface area contributed by atoms with E-state index < -0.39 is 17.2 Å². The van der Waals surface area contributed by atoms with Gasteiger partial charge in [-0.25, -0.2) is 14.4 Å². The molecule has 9 nitrogen and oxygen atoms in total. The molecule has 0 radical (unpaired) electrons. The molecule has 2 heterocycles. The second-order valence-electron chi connectivity index (χ2n) is 9.14. The van der Waals surface area contributed by atoms with Crippen LogP contribution >= 0.6 is 0 Å². The first kappa shape index (κ1) is 22.3. The smallest absolute Gasteiger partial charge is 0.410 e. The lowest BCUT2D eigenvalue weighted by molar-refractivity contribution is -0.160. The summed E-state index contributed by atoms with van der Waals surface area (Å²) < 4.78 is 15.9. The lowest BCUT2D eigenvalue weighted by Crippen LogP contribution is -2.54. The summed E-state index contributed by atoms with van der Waals surface area (Å²) in [6.07, 6.45) is -0.348. The van der Waals surface area contributed by atoms with Crippen molar-refractivity contribution in [1.29, 1.82) is 0 Å². The van der Waals surface area contributed by atoms with Crippen LogP contribution in [0.15, 0.2) is 0 Å². The molecule has 0 bridgehead atoms. The molecule has 0 aromatic heterocycles. The third-order valence-electron chi connectivity index (χ3n) is 4.23. The summed E-state index contributed by atoms with van der Waals surface area (Å²) in [5.41, 5.74) is -1.09. The third kappa shape index (κ3) is 6.54. The molecule has 160 valence electrons. The molecular weight excluding hydrogens is 366 g/mol. The van der Waals surface area contributed by atoms with Crippen molar-refractivity contribution in [3.8, 4) is 0 Å². The van der Waals surface area contributed by atoms with Gasteiger partial charge in [-0.15, -0.1) is 0 Å². The van der Waals surface area contributed by atoms with Crippen LogP contribution in [-0.4, -0.2) is 96.0 Å². The zero-order valence-electron chi connectivity index (χ0n) is 17.8. The quantitative estimate of drug-likeness (QED) is 0.516. The Morgan fingerprint density at radius 3 is 2.25 bits per heavy atom. The van der Waals surface area contributed by atoms with Crippen molar-refractivity contribution in [2.24, 2.45) is 0 Å². The Morgan fingerprint density at radius 1 is 1.00 bits per heavy atom. The van der Waals surface area contributed by atoms with Crippen LogP contribution in [0.1, 0.15) is 41.5 Å². The van der Waals surface area contributed by atoms with Gasteiger partial charge < -0.3 is 28.9 Å². The summed E-state index contributed by atoms with van der Waals surface area (Å²) in [6.45, 7) is 13.3. The van der Waals surface area contributed by atoms with Gasteiger partial charge in [-0.05, 0) is 41.5 Å². The molecule has 2 rings (SSSR count). The van der Waals surface area contributed by atoms with Gasteiger partial charge in [-0.2, -0.15) is 0 Å². The standard InChI is InChI=1S/C19H33N3O6/c1-18(2,3)27-15(23)13-26-10-9-20-11-14-12-21(7-8-22(14)16(20)24)17(25)28-19(4,5)6/h14H,7-13H2,1-6H3. The third-order valence-corrected chi connectivity index (χ3v) is 4.23. The Balaban J connectivity index is 1.76. The second kappa shape index (κ2) is 8.55. The molecule has 9 heteroatoms. The first-order valence-electron chi connectivity index (χ1n) is 9.69. The van der Waals surface area contributed by atoms with Crippen LogP contribution in [-0.2, 0) is 19.0 Å². The van der Waals surface area contributed by atoms with Gasteiger partial charge in [0, 0.05) is 32.7 Å². The van der Waals surface area contributed by atoms with Crippen LogP contribution in [0.5, 0.6) is 0 Å². The van der Waals surface area contributed by atoms with Gasteiger partial charge in [-0.3, -0.25) is 0 Å². The fourth-order valence-electron chi connectivity index (χ4n) is 3.16. The number of amides is 3. The van der Waals surface area contributed by atoms with Gasteiger partial charge in [0.1, 0.15) is 17.8 Å². The number of carbonyl (C=O) groups is 3. The minimum absolute atomic E-state index is 0.0559. The monoisotopic (exact) mass is 399 g/mol. The Labute approximate surface area is 166 Å². The molecule has 2 aliphatic heterocycles. The summed E-state index contributed by atoms with van der Waals surface area (Å²) in [7, 11) is 0. The van der Waals surface area contributed by atoms with Crippen molar-refractivity contribution >= 4 is 18.1 Å². The van der Waals surface area contributed by atoms with Crippen molar-refractivity contribution in [1.82, 2.24) is 14.7 Å². The first-order chi connectivity index (χ1) is 12.9. The lowest BCUT2D eigenvalue weighted by atomic mass is 10.2. The normalized spacial score (nSPS) is 20.3. The molecule has 0 saturated carbocycles. The van der Waals surface area contributed by atoms with Crippen LogP contribution in [0.25, 0.3) is 0 Å². The number of piperazine rings is 1. The minimum Gasteiger partial charge on any atom is -0.458 e. The number of esters is 1. The van der Waals surface area contributed by atoms with Crippen molar-refractivity contribution in [3.63, 3.8) is 0 Å². The topological polar surface area (TPSA) is 88.6 Å². The van der Waals surface area contributed by atoms with Crippen molar-refractivity contribution < 1.29 is 28.6 Å². The van der Waals surface area contributed by atoms with Crippen molar-refractivity contribution in [3.05, 3.63) is 0 Å². The molecule has 0 N–H and O–H groups in total. The molecule has 2 saturated heterocycles. The summed E-state index contributed by atoms with van der Waals surface area (Å²) >= 11 is 0. The van der Waals surface area contributed by atoms with E-state index in [0.29, 0.717) is 32.7 Å². The van der Waals surface area contributed by atoms with E-state index in [1.165, 1.54) is 0 Å². The van der Waals surface area contributed by atoms with E-state index in [1.54, 1.807) is 35.5 Å². The van der Waals surface area contributed by atoms with E-state index in [2.05, 4.69) is 0 Å². The van der Waals surface area contributed by atoms with E-state index in [0.717, 1.165) is 0 Å². The molecule has 0 aromatic carbocycles. The molecule has 0 aromatic rings. The Kier molecular flexibility index (Phi) is 6.80. The largest absolute Gasteiger partial charge is 0.458 e. The van der Waals surface area contributed by atoms with Gasteiger partial charge in [-0.1, -0.05) is 0 Å². The average molecular weight is 399 g/mol. The number of nitrogens with zero attached hydrogens (tertiary/aromatic N) is 3. The predicted octanol–water partition coefficient (Wildman–Crippen LogP) is 1.70. The Hall–Kier alpha value is -2.03. The highest BCUT2D eigenvalue weighted by molar-refractivity contribution is 5.78. The number of hydrogen-bond donors (Lipinski definition) is 0. The van der Waals surface area contributed by atoms with Gasteiger partial charge >= 0.3 is 18.1 Å². The van der Waals surface area contributed by atoms with Crippen LogP contribution in [0.3, 0.4) is 0 Å². The zero-order chi connectivity index (χ0) is 21.1. The number of hydrogen-bond acceptors (Lipinski definition) is 6. The molecule has 2 aliphatic rings. The van der Waals surface area contributed by atoms with Crippen LogP contribution < -0.4 is 0 Å². The Bertz CT molecular complexity index is 595. The minimum atomic E-state index is -0.547. The summed E-state index contributed by atoms with van der Waals surface area (Å²) in [4.78, 5) is 41.6. The van der Waals surface area contributed by atoms with Gasteiger partial charge in [0.05, 0.1) is 12.6 Å². The van der Waals surface area contributed by atoms with Crippen LogP contribution in [0.4, 0.5) is 9.59 Å². The number of carbonyl (C=O) groups excluding carboxylic acids is 3. The average Bonchev–Trinajstić information content (AvgIpc) is 2.84. The number of fused-ring (bicyclic) bond motifs is 1. The molecule has 3 amide bonds. The van der Waals surface area contributed by atoms with Gasteiger partial charge in [0.2, 0.25) is 0 Å². The lowest BCUT2D eigenvalue weighted by Gasteiger charge is -2.37. The highest BCUT2D eigenvalue weighted by atomic mass is 16.6.